The lowest BCUT2D eigenvalue weighted by Crippen LogP contribution is -2.51. The second-order valence-corrected chi connectivity index (χ2v) is 5.46. The fourth-order valence-corrected chi connectivity index (χ4v) is 2.76. The Morgan fingerprint density at radius 3 is 2.84 bits per heavy atom. The maximum atomic E-state index is 12.4. The highest BCUT2D eigenvalue weighted by atomic mass is 16.5. The molecule has 2 atom stereocenters. The Bertz CT molecular complexity index is 311. The van der Waals surface area contributed by atoms with E-state index in [1.54, 1.807) is 0 Å². The number of carbonyl (C=O) groups is 1. The molecule has 2 rings (SSSR count). The van der Waals surface area contributed by atoms with E-state index in [1.165, 1.54) is 12.8 Å². The summed E-state index contributed by atoms with van der Waals surface area (Å²) in [5.41, 5.74) is 0. The van der Waals surface area contributed by atoms with E-state index in [-0.39, 0.29) is 11.9 Å². The first kappa shape index (κ1) is 14.5. The van der Waals surface area contributed by atoms with Crippen LogP contribution in [0, 0.1) is 5.92 Å². The Hall–Kier alpha value is -0.870. The van der Waals surface area contributed by atoms with Crippen LogP contribution in [0.15, 0.2) is 12.2 Å². The number of rotatable bonds is 5. The first-order chi connectivity index (χ1) is 9.31. The Kier molecular flexibility index (Phi) is 5.86. The summed E-state index contributed by atoms with van der Waals surface area (Å²) < 4.78 is 5.30. The first-order valence-corrected chi connectivity index (χ1v) is 7.56. The number of hydrogen-bond donors (Lipinski definition) is 1. The molecule has 1 aliphatic heterocycles. The second kappa shape index (κ2) is 7.65. The molecule has 0 aromatic rings. The van der Waals surface area contributed by atoms with Crippen molar-refractivity contribution in [2.45, 2.75) is 38.6 Å². The minimum absolute atomic E-state index is 0.0241. The number of ether oxygens (including phenoxy) is 1. The van der Waals surface area contributed by atoms with Crippen molar-refractivity contribution in [3.8, 4) is 0 Å². The second-order valence-electron chi connectivity index (χ2n) is 5.46. The van der Waals surface area contributed by atoms with Crippen LogP contribution in [0.4, 0.5) is 0 Å². The number of allylic oxidation sites excluding steroid dienone is 2. The zero-order chi connectivity index (χ0) is 13.5. The lowest BCUT2D eigenvalue weighted by Gasteiger charge is -2.31. The average molecular weight is 266 g/mol. The number of hydrogen-bond acceptors (Lipinski definition) is 3. The van der Waals surface area contributed by atoms with Crippen LogP contribution >= 0.6 is 0 Å². The molecule has 1 heterocycles. The summed E-state index contributed by atoms with van der Waals surface area (Å²) in [5.74, 6) is 0.939. The molecule has 0 aromatic heterocycles. The fraction of sp³-hybridized carbons (Fsp3) is 0.800. The van der Waals surface area contributed by atoms with Gasteiger partial charge >= 0.3 is 0 Å². The van der Waals surface area contributed by atoms with E-state index < -0.39 is 0 Å². The van der Waals surface area contributed by atoms with Gasteiger partial charge in [0.05, 0.1) is 19.3 Å². The molecular formula is C15H26N2O2. The van der Waals surface area contributed by atoms with Gasteiger partial charge in [0, 0.05) is 13.1 Å². The summed E-state index contributed by atoms with van der Waals surface area (Å²) in [6.07, 6.45) is 8.95. The van der Waals surface area contributed by atoms with Gasteiger partial charge in [-0.15, -0.1) is 0 Å². The fourth-order valence-electron chi connectivity index (χ4n) is 2.76. The van der Waals surface area contributed by atoms with Gasteiger partial charge in [0.25, 0.3) is 0 Å². The number of amides is 1. The third-order valence-electron chi connectivity index (χ3n) is 4.06. The number of morpholine rings is 1. The molecule has 2 aliphatic rings. The van der Waals surface area contributed by atoms with Gasteiger partial charge in [-0.1, -0.05) is 19.1 Å². The van der Waals surface area contributed by atoms with Crippen LogP contribution in [-0.4, -0.2) is 49.7 Å². The molecule has 108 valence electrons. The van der Waals surface area contributed by atoms with Crippen molar-refractivity contribution in [1.29, 1.82) is 0 Å². The quantitative estimate of drug-likeness (QED) is 0.768. The molecule has 1 N–H and O–H groups in total. The largest absolute Gasteiger partial charge is 0.378 e. The van der Waals surface area contributed by atoms with E-state index >= 15 is 0 Å². The van der Waals surface area contributed by atoms with Crippen LogP contribution in [0.2, 0.25) is 0 Å². The minimum Gasteiger partial charge on any atom is -0.378 e. The smallest absolute Gasteiger partial charge is 0.239 e. The molecule has 2 unspecified atom stereocenters. The first-order valence-electron chi connectivity index (χ1n) is 7.56. The standard InChI is InChI=1S/C15H26N2O2/c1-2-14(15(18)17-8-10-19-11-9-17)16-12-13-6-4-3-5-7-13/h3-4,13-14,16H,2,5-12H2,1H3. The highest BCUT2D eigenvalue weighted by Gasteiger charge is 2.24. The van der Waals surface area contributed by atoms with E-state index in [0.717, 1.165) is 32.5 Å². The van der Waals surface area contributed by atoms with Crippen LogP contribution < -0.4 is 5.32 Å². The third kappa shape index (κ3) is 4.32. The van der Waals surface area contributed by atoms with Crippen molar-refractivity contribution in [2.75, 3.05) is 32.8 Å². The highest BCUT2D eigenvalue weighted by Crippen LogP contribution is 2.17. The summed E-state index contributed by atoms with van der Waals surface area (Å²) in [4.78, 5) is 14.3. The van der Waals surface area contributed by atoms with Gasteiger partial charge < -0.3 is 15.0 Å². The van der Waals surface area contributed by atoms with E-state index in [2.05, 4.69) is 24.4 Å². The number of nitrogens with one attached hydrogen (secondary N) is 1. The van der Waals surface area contributed by atoms with Crippen LogP contribution in [-0.2, 0) is 9.53 Å². The molecule has 4 heteroatoms. The lowest BCUT2D eigenvalue weighted by molar-refractivity contribution is -0.137. The molecule has 1 saturated heterocycles. The number of carbonyl (C=O) groups excluding carboxylic acids is 1. The average Bonchev–Trinajstić information content (AvgIpc) is 2.49. The van der Waals surface area contributed by atoms with E-state index in [9.17, 15) is 4.79 Å². The van der Waals surface area contributed by atoms with Crippen molar-refractivity contribution in [1.82, 2.24) is 10.2 Å². The van der Waals surface area contributed by atoms with E-state index in [0.29, 0.717) is 19.1 Å². The Balaban J connectivity index is 1.77. The van der Waals surface area contributed by atoms with Crippen molar-refractivity contribution >= 4 is 5.91 Å². The summed E-state index contributed by atoms with van der Waals surface area (Å²) in [5, 5.41) is 3.47. The van der Waals surface area contributed by atoms with Crippen LogP contribution in [0.3, 0.4) is 0 Å². The van der Waals surface area contributed by atoms with Gasteiger partial charge in [0.15, 0.2) is 0 Å². The van der Waals surface area contributed by atoms with Crippen molar-refractivity contribution < 1.29 is 9.53 Å². The summed E-state index contributed by atoms with van der Waals surface area (Å²) in [6, 6.07) is -0.0241. The Labute approximate surface area is 116 Å². The summed E-state index contributed by atoms with van der Waals surface area (Å²) in [6.45, 7) is 5.87. The topological polar surface area (TPSA) is 41.6 Å². The third-order valence-corrected chi connectivity index (χ3v) is 4.06. The van der Waals surface area contributed by atoms with Gasteiger partial charge in [-0.3, -0.25) is 4.79 Å². The monoisotopic (exact) mass is 266 g/mol. The molecule has 4 nitrogen and oxygen atoms in total. The van der Waals surface area contributed by atoms with Gasteiger partial charge in [-0.05, 0) is 38.1 Å². The highest BCUT2D eigenvalue weighted by molar-refractivity contribution is 5.81. The normalized spacial score (nSPS) is 25.3. The number of nitrogens with zero attached hydrogens (tertiary/aromatic N) is 1. The van der Waals surface area contributed by atoms with Crippen molar-refractivity contribution in [2.24, 2.45) is 5.92 Å². The molecule has 1 aliphatic carbocycles. The molecule has 0 spiro atoms. The molecule has 0 radical (unpaired) electrons. The van der Waals surface area contributed by atoms with Crippen LogP contribution in [0.1, 0.15) is 32.6 Å². The van der Waals surface area contributed by atoms with Gasteiger partial charge in [-0.2, -0.15) is 0 Å². The van der Waals surface area contributed by atoms with Gasteiger partial charge in [0.1, 0.15) is 0 Å². The van der Waals surface area contributed by atoms with Crippen LogP contribution in [0.5, 0.6) is 0 Å². The summed E-state index contributed by atoms with van der Waals surface area (Å²) >= 11 is 0. The van der Waals surface area contributed by atoms with E-state index in [4.69, 9.17) is 4.74 Å². The molecule has 0 saturated carbocycles. The van der Waals surface area contributed by atoms with Gasteiger partial charge in [-0.25, -0.2) is 0 Å². The molecule has 19 heavy (non-hydrogen) atoms. The van der Waals surface area contributed by atoms with Crippen molar-refractivity contribution in [3.05, 3.63) is 12.2 Å². The lowest BCUT2D eigenvalue weighted by atomic mass is 9.94. The Morgan fingerprint density at radius 1 is 1.42 bits per heavy atom. The van der Waals surface area contributed by atoms with E-state index in [1.807, 2.05) is 4.90 Å². The molecule has 0 bridgehead atoms. The SMILES string of the molecule is CCC(NCC1CC=CCC1)C(=O)N1CCOCC1. The predicted molar refractivity (Wildman–Crippen MR) is 76.0 cm³/mol. The predicted octanol–water partition coefficient (Wildman–Crippen LogP) is 1.57. The molecule has 1 fully saturated rings. The zero-order valence-corrected chi connectivity index (χ0v) is 11.9. The zero-order valence-electron chi connectivity index (χ0n) is 11.9. The maximum Gasteiger partial charge on any atom is 0.239 e. The maximum absolute atomic E-state index is 12.4. The minimum atomic E-state index is -0.0241. The molecule has 0 aromatic carbocycles. The molecular weight excluding hydrogens is 240 g/mol. The van der Waals surface area contributed by atoms with Crippen LogP contribution in [0.25, 0.3) is 0 Å². The summed E-state index contributed by atoms with van der Waals surface area (Å²) in [7, 11) is 0. The Morgan fingerprint density at radius 2 is 2.21 bits per heavy atom. The molecule has 1 amide bonds. The van der Waals surface area contributed by atoms with Crippen molar-refractivity contribution in [3.63, 3.8) is 0 Å². The van der Waals surface area contributed by atoms with Gasteiger partial charge in [0.2, 0.25) is 5.91 Å².